The van der Waals surface area contributed by atoms with Gasteiger partial charge in [0.15, 0.2) is 0 Å². The summed E-state index contributed by atoms with van der Waals surface area (Å²) in [5, 5.41) is 14.0. The van der Waals surface area contributed by atoms with E-state index >= 15 is 0 Å². The number of nitrogens with one attached hydrogen (secondary N) is 1. The van der Waals surface area contributed by atoms with Crippen molar-refractivity contribution < 1.29 is 13.2 Å². The van der Waals surface area contributed by atoms with E-state index < -0.39 is 10.0 Å². The van der Waals surface area contributed by atoms with E-state index in [0.717, 1.165) is 36.1 Å². The first-order valence-corrected chi connectivity index (χ1v) is 11.6. The summed E-state index contributed by atoms with van der Waals surface area (Å²) < 4.78 is 28.6. The first-order chi connectivity index (χ1) is 14.9. The van der Waals surface area contributed by atoms with E-state index in [1.165, 1.54) is 11.0 Å². The van der Waals surface area contributed by atoms with E-state index in [1.54, 1.807) is 46.8 Å². The summed E-state index contributed by atoms with van der Waals surface area (Å²) in [5.74, 6) is -0.212. The van der Waals surface area contributed by atoms with E-state index in [1.807, 2.05) is 6.92 Å². The molecule has 1 aliphatic heterocycles. The van der Waals surface area contributed by atoms with Crippen LogP contribution in [0.1, 0.15) is 40.7 Å². The van der Waals surface area contributed by atoms with Gasteiger partial charge in [0, 0.05) is 25.2 Å². The predicted octanol–water partition coefficient (Wildman–Crippen LogP) is 2.08. The van der Waals surface area contributed by atoms with Gasteiger partial charge in [-0.2, -0.15) is 4.31 Å². The largest absolute Gasteiger partial charge is 0.348 e. The number of amides is 1. The minimum absolute atomic E-state index is 0.212. The molecule has 1 saturated heterocycles. The third kappa shape index (κ3) is 4.64. The van der Waals surface area contributed by atoms with Crippen molar-refractivity contribution in [3.8, 4) is 5.69 Å². The summed E-state index contributed by atoms with van der Waals surface area (Å²) in [4.78, 5) is 12.8. The smallest absolute Gasteiger partial charge is 0.251 e. The van der Waals surface area contributed by atoms with Crippen molar-refractivity contribution >= 4 is 15.9 Å². The lowest BCUT2D eigenvalue weighted by Gasteiger charge is -2.25. The van der Waals surface area contributed by atoms with Crippen LogP contribution in [0.5, 0.6) is 0 Å². The molecule has 0 spiro atoms. The molecule has 162 valence electrons. The zero-order chi connectivity index (χ0) is 21.8. The Balaban J connectivity index is 1.39. The van der Waals surface area contributed by atoms with Gasteiger partial charge in [-0.15, -0.1) is 5.10 Å². The van der Waals surface area contributed by atoms with Crippen molar-refractivity contribution in [3.63, 3.8) is 0 Å². The monoisotopic (exact) mass is 440 g/mol. The number of carbonyl (C=O) groups excluding carboxylic acids is 1. The molecule has 2 heterocycles. The molecule has 1 amide bonds. The molecule has 31 heavy (non-hydrogen) atoms. The highest BCUT2D eigenvalue weighted by molar-refractivity contribution is 7.89. The second-order valence-corrected chi connectivity index (χ2v) is 9.48. The molecule has 0 unspecified atom stereocenters. The molecule has 4 rings (SSSR count). The third-order valence-electron chi connectivity index (χ3n) is 5.38. The number of rotatable bonds is 6. The Morgan fingerprint density at radius 3 is 2.45 bits per heavy atom. The molecule has 1 aliphatic rings. The predicted molar refractivity (Wildman–Crippen MR) is 114 cm³/mol. The van der Waals surface area contributed by atoms with Crippen LogP contribution in [0, 0.1) is 6.92 Å². The Bertz CT molecular complexity index is 1150. The molecule has 0 radical (unpaired) electrons. The Morgan fingerprint density at radius 2 is 1.81 bits per heavy atom. The molecule has 10 heteroatoms. The van der Waals surface area contributed by atoms with Crippen LogP contribution in [-0.4, -0.2) is 51.9 Å². The van der Waals surface area contributed by atoms with Gasteiger partial charge in [-0.25, -0.2) is 13.1 Å². The molecule has 9 nitrogen and oxygen atoms in total. The minimum atomic E-state index is -3.45. The van der Waals surface area contributed by atoms with Crippen molar-refractivity contribution in [2.45, 2.75) is 37.6 Å². The fourth-order valence-corrected chi connectivity index (χ4v) is 5.16. The standard InChI is InChI=1S/C21H24N6O3S/c1-16-13-18(7-10-20(16)27-15-23-24-25-27)21(28)22-14-17-5-8-19(9-6-17)31(29,30)26-11-3-2-4-12-26/h5-10,13,15H,2-4,11-12,14H2,1H3,(H,22,28). The van der Waals surface area contributed by atoms with Gasteiger partial charge in [0.25, 0.3) is 5.91 Å². The zero-order valence-corrected chi connectivity index (χ0v) is 18.0. The SMILES string of the molecule is Cc1cc(C(=O)NCc2ccc(S(=O)(=O)N3CCCCC3)cc2)ccc1-n1cnnn1. The number of hydrogen-bond donors (Lipinski definition) is 1. The highest BCUT2D eigenvalue weighted by Crippen LogP contribution is 2.21. The molecular weight excluding hydrogens is 416 g/mol. The van der Waals surface area contributed by atoms with Crippen LogP contribution in [0.25, 0.3) is 5.69 Å². The molecular formula is C21H24N6O3S. The molecule has 0 bridgehead atoms. The van der Waals surface area contributed by atoms with Crippen LogP contribution in [0.2, 0.25) is 0 Å². The number of benzene rings is 2. The van der Waals surface area contributed by atoms with Gasteiger partial charge in [0.05, 0.1) is 10.6 Å². The molecule has 2 aromatic carbocycles. The van der Waals surface area contributed by atoms with Crippen LogP contribution >= 0.6 is 0 Å². The number of hydrogen-bond acceptors (Lipinski definition) is 6. The molecule has 1 fully saturated rings. The van der Waals surface area contributed by atoms with Gasteiger partial charge in [0.2, 0.25) is 10.0 Å². The van der Waals surface area contributed by atoms with Crippen molar-refractivity contribution in [2.75, 3.05) is 13.1 Å². The highest BCUT2D eigenvalue weighted by Gasteiger charge is 2.25. The fourth-order valence-electron chi connectivity index (χ4n) is 3.64. The highest BCUT2D eigenvalue weighted by atomic mass is 32.2. The van der Waals surface area contributed by atoms with Crippen LogP contribution in [-0.2, 0) is 16.6 Å². The number of piperidine rings is 1. The van der Waals surface area contributed by atoms with Crippen molar-refractivity contribution in [2.24, 2.45) is 0 Å². The van der Waals surface area contributed by atoms with Crippen LogP contribution in [0.15, 0.2) is 53.7 Å². The van der Waals surface area contributed by atoms with Gasteiger partial charge < -0.3 is 5.32 Å². The number of carbonyl (C=O) groups is 1. The lowest BCUT2D eigenvalue weighted by Crippen LogP contribution is -2.35. The van der Waals surface area contributed by atoms with Crippen LogP contribution in [0.3, 0.4) is 0 Å². The average molecular weight is 441 g/mol. The summed E-state index contributed by atoms with van der Waals surface area (Å²) >= 11 is 0. The third-order valence-corrected chi connectivity index (χ3v) is 7.30. The lowest BCUT2D eigenvalue weighted by molar-refractivity contribution is 0.0951. The number of sulfonamides is 1. The van der Waals surface area contributed by atoms with E-state index in [0.29, 0.717) is 30.1 Å². The van der Waals surface area contributed by atoms with Crippen molar-refractivity contribution in [3.05, 3.63) is 65.5 Å². The lowest BCUT2D eigenvalue weighted by atomic mass is 10.1. The first kappa shape index (κ1) is 21.1. The van der Waals surface area contributed by atoms with Crippen molar-refractivity contribution in [1.29, 1.82) is 0 Å². The Kier molecular flexibility index (Phi) is 6.10. The van der Waals surface area contributed by atoms with E-state index in [2.05, 4.69) is 20.8 Å². The molecule has 0 saturated carbocycles. The number of aryl methyl sites for hydroxylation is 1. The number of aromatic nitrogens is 4. The second-order valence-electron chi connectivity index (χ2n) is 7.55. The van der Waals surface area contributed by atoms with Crippen LogP contribution < -0.4 is 5.32 Å². The fraction of sp³-hybridized carbons (Fsp3) is 0.333. The maximum absolute atomic E-state index is 12.7. The Labute approximate surface area is 181 Å². The van der Waals surface area contributed by atoms with E-state index in [4.69, 9.17) is 0 Å². The number of tetrazole rings is 1. The summed E-state index contributed by atoms with van der Waals surface area (Å²) in [6.45, 7) is 3.34. The van der Waals surface area contributed by atoms with Crippen molar-refractivity contribution in [1.82, 2.24) is 29.8 Å². The van der Waals surface area contributed by atoms with E-state index in [9.17, 15) is 13.2 Å². The summed E-state index contributed by atoms with van der Waals surface area (Å²) in [6.07, 6.45) is 4.38. The Hall–Kier alpha value is -3.11. The zero-order valence-electron chi connectivity index (χ0n) is 17.2. The van der Waals surface area contributed by atoms with E-state index in [-0.39, 0.29) is 5.91 Å². The van der Waals surface area contributed by atoms with Crippen LogP contribution in [0.4, 0.5) is 0 Å². The molecule has 1 N–H and O–H groups in total. The maximum Gasteiger partial charge on any atom is 0.251 e. The summed E-state index contributed by atoms with van der Waals surface area (Å²) in [5.41, 5.74) is 3.02. The average Bonchev–Trinajstić information content (AvgIpc) is 3.33. The molecule has 1 aromatic heterocycles. The number of nitrogens with zero attached hydrogens (tertiary/aromatic N) is 5. The van der Waals surface area contributed by atoms with Gasteiger partial charge in [-0.05, 0) is 71.7 Å². The topological polar surface area (TPSA) is 110 Å². The summed E-state index contributed by atoms with van der Waals surface area (Å²) in [6, 6.07) is 12.0. The molecule has 3 aromatic rings. The maximum atomic E-state index is 12.7. The quantitative estimate of drug-likeness (QED) is 0.628. The minimum Gasteiger partial charge on any atom is -0.348 e. The normalized spacial score (nSPS) is 15.0. The van der Waals surface area contributed by atoms with Gasteiger partial charge >= 0.3 is 0 Å². The Morgan fingerprint density at radius 1 is 1.06 bits per heavy atom. The van der Waals surface area contributed by atoms with Gasteiger partial charge in [-0.3, -0.25) is 4.79 Å². The molecule has 0 atom stereocenters. The van der Waals surface area contributed by atoms with Gasteiger partial charge in [0.1, 0.15) is 6.33 Å². The summed E-state index contributed by atoms with van der Waals surface area (Å²) in [7, 11) is -3.45. The van der Waals surface area contributed by atoms with Gasteiger partial charge in [-0.1, -0.05) is 18.6 Å². The second kappa shape index (κ2) is 8.94. The first-order valence-electron chi connectivity index (χ1n) is 10.2. The molecule has 0 aliphatic carbocycles.